The lowest BCUT2D eigenvalue weighted by Gasteiger charge is -2.22. The van der Waals surface area contributed by atoms with Gasteiger partial charge in [0.15, 0.2) is 5.69 Å². The summed E-state index contributed by atoms with van der Waals surface area (Å²) in [6.07, 6.45) is 4.00. The molecule has 2 aliphatic rings. The minimum Gasteiger partial charge on any atom is -0.337 e. The van der Waals surface area contributed by atoms with E-state index in [-0.39, 0.29) is 11.3 Å². The first-order chi connectivity index (χ1) is 12.0. The standard InChI is InChI=1S/C20H26N4O/c1-14-6-3-4-8-16(14)24-17-9-5-7-15(17)18(22-24)19(25)23-11-10-20(2,12-21)13-23/h3-4,6,8H,5,7,9-13,21H2,1-2H3. The summed E-state index contributed by atoms with van der Waals surface area (Å²) >= 11 is 0. The van der Waals surface area contributed by atoms with E-state index in [1.165, 1.54) is 11.3 Å². The van der Waals surface area contributed by atoms with E-state index in [0.29, 0.717) is 12.2 Å². The van der Waals surface area contributed by atoms with Gasteiger partial charge in [-0.2, -0.15) is 5.10 Å². The molecule has 132 valence electrons. The van der Waals surface area contributed by atoms with E-state index in [2.05, 4.69) is 26.0 Å². The van der Waals surface area contributed by atoms with Crippen LogP contribution in [-0.2, 0) is 12.8 Å². The van der Waals surface area contributed by atoms with Gasteiger partial charge in [-0.05, 0) is 56.2 Å². The number of aryl methyl sites for hydroxylation is 1. The Morgan fingerprint density at radius 1 is 1.32 bits per heavy atom. The Balaban J connectivity index is 1.71. The molecule has 1 aliphatic heterocycles. The van der Waals surface area contributed by atoms with Crippen molar-refractivity contribution >= 4 is 5.91 Å². The van der Waals surface area contributed by atoms with Gasteiger partial charge in [0.25, 0.3) is 5.91 Å². The normalized spacial score (nSPS) is 22.4. The number of fused-ring (bicyclic) bond motifs is 1. The molecule has 1 aliphatic carbocycles. The monoisotopic (exact) mass is 338 g/mol. The Morgan fingerprint density at radius 3 is 2.84 bits per heavy atom. The molecule has 1 unspecified atom stereocenters. The van der Waals surface area contributed by atoms with Crippen LogP contribution in [0.2, 0.25) is 0 Å². The molecule has 1 amide bonds. The average molecular weight is 338 g/mol. The van der Waals surface area contributed by atoms with E-state index in [1.54, 1.807) is 0 Å². The Hall–Kier alpha value is -2.14. The average Bonchev–Trinajstić information content (AvgIpc) is 3.30. The zero-order valence-electron chi connectivity index (χ0n) is 15.1. The topological polar surface area (TPSA) is 64.2 Å². The number of nitrogens with two attached hydrogens (primary N) is 1. The molecule has 0 spiro atoms. The number of nitrogens with zero attached hydrogens (tertiary/aromatic N) is 3. The van der Waals surface area contributed by atoms with Gasteiger partial charge in [0, 0.05) is 24.3 Å². The molecule has 0 bridgehead atoms. The molecule has 25 heavy (non-hydrogen) atoms. The summed E-state index contributed by atoms with van der Waals surface area (Å²) in [5.41, 5.74) is 11.2. The molecule has 1 aromatic heterocycles. The van der Waals surface area contributed by atoms with E-state index in [0.717, 1.165) is 50.0 Å². The van der Waals surface area contributed by atoms with E-state index in [4.69, 9.17) is 10.8 Å². The van der Waals surface area contributed by atoms with Crippen molar-refractivity contribution in [1.82, 2.24) is 14.7 Å². The molecule has 2 heterocycles. The summed E-state index contributed by atoms with van der Waals surface area (Å²) in [4.78, 5) is 15.1. The van der Waals surface area contributed by atoms with Gasteiger partial charge in [-0.1, -0.05) is 25.1 Å². The largest absolute Gasteiger partial charge is 0.337 e. The Labute approximate surface area is 148 Å². The molecule has 1 atom stereocenters. The highest BCUT2D eigenvalue weighted by atomic mass is 16.2. The molecule has 5 nitrogen and oxygen atoms in total. The summed E-state index contributed by atoms with van der Waals surface area (Å²) in [7, 11) is 0. The zero-order chi connectivity index (χ0) is 17.6. The number of likely N-dealkylation sites (tertiary alicyclic amines) is 1. The van der Waals surface area contributed by atoms with Crippen molar-refractivity contribution in [1.29, 1.82) is 0 Å². The second-order valence-electron chi connectivity index (χ2n) is 7.82. The van der Waals surface area contributed by atoms with Crippen LogP contribution in [0, 0.1) is 12.3 Å². The molecule has 2 aromatic rings. The number of aromatic nitrogens is 2. The fourth-order valence-electron chi connectivity index (χ4n) is 4.12. The first-order valence-corrected chi connectivity index (χ1v) is 9.18. The molecule has 1 saturated heterocycles. The lowest BCUT2D eigenvalue weighted by atomic mass is 9.90. The lowest BCUT2D eigenvalue weighted by Crippen LogP contribution is -2.35. The maximum absolute atomic E-state index is 13.1. The third kappa shape index (κ3) is 2.67. The van der Waals surface area contributed by atoms with E-state index in [1.807, 2.05) is 21.7 Å². The van der Waals surface area contributed by atoms with Crippen LogP contribution in [0.25, 0.3) is 5.69 Å². The highest BCUT2D eigenvalue weighted by molar-refractivity contribution is 5.94. The number of para-hydroxylation sites is 1. The first-order valence-electron chi connectivity index (χ1n) is 9.18. The van der Waals surface area contributed by atoms with Crippen molar-refractivity contribution in [2.45, 2.75) is 39.5 Å². The van der Waals surface area contributed by atoms with E-state index < -0.39 is 0 Å². The molecular formula is C20H26N4O. The van der Waals surface area contributed by atoms with Gasteiger partial charge in [0.2, 0.25) is 0 Å². The van der Waals surface area contributed by atoms with Crippen LogP contribution >= 0.6 is 0 Å². The number of benzene rings is 1. The van der Waals surface area contributed by atoms with Crippen LogP contribution in [-0.4, -0.2) is 40.2 Å². The maximum atomic E-state index is 13.1. The third-order valence-electron chi connectivity index (χ3n) is 5.81. The third-order valence-corrected chi connectivity index (χ3v) is 5.81. The molecule has 1 fully saturated rings. The molecular weight excluding hydrogens is 312 g/mol. The molecule has 0 radical (unpaired) electrons. The summed E-state index contributed by atoms with van der Waals surface area (Å²) < 4.78 is 2.00. The first kappa shape index (κ1) is 16.3. The van der Waals surface area contributed by atoms with Crippen LogP contribution in [0.4, 0.5) is 0 Å². The fourth-order valence-corrected chi connectivity index (χ4v) is 4.12. The van der Waals surface area contributed by atoms with Gasteiger partial charge in [0.1, 0.15) is 0 Å². The Bertz CT molecular complexity index is 825. The highest BCUT2D eigenvalue weighted by Gasteiger charge is 2.38. The summed E-state index contributed by atoms with van der Waals surface area (Å²) in [5, 5.41) is 4.78. The number of rotatable bonds is 3. The minimum absolute atomic E-state index is 0.0391. The quantitative estimate of drug-likeness (QED) is 0.935. The van der Waals surface area contributed by atoms with Crippen LogP contribution in [0.1, 0.15) is 47.1 Å². The van der Waals surface area contributed by atoms with Gasteiger partial charge >= 0.3 is 0 Å². The van der Waals surface area contributed by atoms with Gasteiger partial charge in [-0.3, -0.25) is 4.79 Å². The van der Waals surface area contributed by atoms with Crippen molar-refractivity contribution in [2.75, 3.05) is 19.6 Å². The zero-order valence-corrected chi connectivity index (χ0v) is 15.1. The SMILES string of the molecule is Cc1ccccc1-n1nc(C(=O)N2CCC(C)(CN)C2)c2c1CCC2. The minimum atomic E-state index is 0.0391. The van der Waals surface area contributed by atoms with Gasteiger partial charge in [-0.25, -0.2) is 4.68 Å². The smallest absolute Gasteiger partial charge is 0.274 e. The number of carbonyl (C=O) groups is 1. The van der Waals surface area contributed by atoms with Crippen LogP contribution < -0.4 is 5.73 Å². The number of hydrogen-bond acceptors (Lipinski definition) is 3. The van der Waals surface area contributed by atoms with E-state index in [9.17, 15) is 4.79 Å². The fraction of sp³-hybridized carbons (Fsp3) is 0.500. The van der Waals surface area contributed by atoms with Crippen LogP contribution in [0.3, 0.4) is 0 Å². The van der Waals surface area contributed by atoms with Crippen molar-refractivity contribution in [3.63, 3.8) is 0 Å². The van der Waals surface area contributed by atoms with Crippen molar-refractivity contribution in [2.24, 2.45) is 11.1 Å². The van der Waals surface area contributed by atoms with Gasteiger partial charge in [0.05, 0.1) is 5.69 Å². The van der Waals surface area contributed by atoms with Crippen molar-refractivity contribution in [3.8, 4) is 5.69 Å². The molecule has 0 saturated carbocycles. The van der Waals surface area contributed by atoms with Crippen molar-refractivity contribution in [3.05, 3.63) is 46.8 Å². The second-order valence-corrected chi connectivity index (χ2v) is 7.82. The number of hydrogen-bond donors (Lipinski definition) is 1. The maximum Gasteiger partial charge on any atom is 0.274 e. The molecule has 4 rings (SSSR count). The molecule has 2 N–H and O–H groups in total. The van der Waals surface area contributed by atoms with Gasteiger partial charge < -0.3 is 10.6 Å². The van der Waals surface area contributed by atoms with E-state index >= 15 is 0 Å². The predicted octanol–water partition coefficient (Wildman–Crippen LogP) is 2.48. The van der Waals surface area contributed by atoms with Crippen molar-refractivity contribution < 1.29 is 4.79 Å². The second kappa shape index (κ2) is 5.99. The molecule has 1 aromatic carbocycles. The summed E-state index contributed by atoms with van der Waals surface area (Å²) in [5.74, 6) is 0.0719. The predicted molar refractivity (Wildman–Crippen MR) is 98.0 cm³/mol. The molecule has 5 heteroatoms. The lowest BCUT2D eigenvalue weighted by molar-refractivity contribution is 0.0769. The van der Waals surface area contributed by atoms with Crippen LogP contribution in [0.15, 0.2) is 24.3 Å². The Kier molecular flexibility index (Phi) is 3.91. The van der Waals surface area contributed by atoms with Gasteiger partial charge in [-0.15, -0.1) is 0 Å². The summed E-state index contributed by atoms with van der Waals surface area (Å²) in [6, 6.07) is 8.23. The number of amides is 1. The summed E-state index contributed by atoms with van der Waals surface area (Å²) in [6.45, 7) is 6.38. The van der Waals surface area contributed by atoms with Crippen LogP contribution in [0.5, 0.6) is 0 Å². The highest BCUT2D eigenvalue weighted by Crippen LogP contribution is 2.33. The number of carbonyl (C=O) groups excluding carboxylic acids is 1. The Morgan fingerprint density at radius 2 is 2.12 bits per heavy atom.